The first-order valence-electron chi connectivity index (χ1n) is 14.7. The van der Waals surface area contributed by atoms with Gasteiger partial charge in [0.2, 0.25) is 0 Å². The summed E-state index contributed by atoms with van der Waals surface area (Å²) < 4.78 is 0. The van der Waals surface area contributed by atoms with Crippen LogP contribution in [0.15, 0.2) is 46.1 Å². The van der Waals surface area contributed by atoms with Crippen molar-refractivity contribution in [3.8, 4) is 6.07 Å². The van der Waals surface area contributed by atoms with Gasteiger partial charge in [-0.15, -0.1) is 0 Å². The Morgan fingerprint density at radius 3 is 2.41 bits per heavy atom. The van der Waals surface area contributed by atoms with Gasteiger partial charge in [0.1, 0.15) is 17.2 Å². The minimum Gasteiger partial charge on any atom is -0.377 e. The lowest BCUT2D eigenvalue weighted by atomic mass is 9.97. The van der Waals surface area contributed by atoms with Crippen LogP contribution in [-0.4, -0.2) is 65.6 Å². The van der Waals surface area contributed by atoms with Gasteiger partial charge in [-0.3, -0.25) is 19.4 Å². The first-order chi connectivity index (χ1) is 19.9. The first-order valence-corrected chi connectivity index (χ1v) is 15.1. The monoisotopic (exact) mass is 573 g/mol. The molecule has 0 bridgehead atoms. The van der Waals surface area contributed by atoms with Crippen LogP contribution in [-0.2, 0) is 6.54 Å². The van der Waals surface area contributed by atoms with Crippen LogP contribution in [0.2, 0.25) is 5.02 Å². The van der Waals surface area contributed by atoms with E-state index in [0.29, 0.717) is 39.7 Å². The number of piperidine rings is 1. The number of rotatable bonds is 9. The van der Waals surface area contributed by atoms with E-state index >= 15 is 0 Å². The molecule has 9 nitrogen and oxygen atoms in total. The molecule has 41 heavy (non-hydrogen) atoms. The first kappa shape index (κ1) is 27.7. The molecule has 214 valence electrons. The third-order valence-electron chi connectivity index (χ3n) is 8.74. The van der Waals surface area contributed by atoms with E-state index in [4.69, 9.17) is 16.9 Å². The molecule has 1 saturated carbocycles. The smallest absolute Gasteiger partial charge is 0.253 e. The number of benzene rings is 1. The van der Waals surface area contributed by atoms with Gasteiger partial charge in [0.15, 0.2) is 0 Å². The largest absolute Gasteiger partial charge is 0.377 e. The number of pyridine rings is 1. The van der Waals surface area contributed by atoms with E-state index < -0.39 is 10.9 Å². The fraction of sp³-hybridized carbons (Fsp3) is 0.484. The van der Waals surface area contributed by atoms with Crippen molar-refractivity contribution < 1.29 is 0 Å². The van der Waals surface area contributed by atoms with Crippen LogP contribution in [0.5, 0.6) is 0 Å². The Morgan fingerprint density at radius 2 is 1.76 bits per heavy atom. The van der Waals surface area contributed by atoms with E-state index in [1.165, 1.54) is 5.56 Å². The summed E-state index contributed by atoms with van der Waals surface area (Å²) in [6.07, 6.45) is 7.09. The van der Waals surface area contributed by atoms with Crippen LogP contribution in [0, 0.1) is 11.3 Å². The summed E-state index contributed by atoms with van der Waals surface area (Å²) in [6.45, 7) is 8.03. The molecule has 3 aromatic rings. The number of nitrogens with one attached hydrogen (secondary N) is 2. The normalized spacial score (nSPS) is 20.7. The predicted octanol–water partition coefficient (Wildman–Crippen LogP) is 4.09. The van der Waals surface area contributed by atoms with E-state index in [1.807, 2.05) is 12.1 Å². The number of anilines is 4. The Balaban J connectivity index is 1.04. The third-order valence-corrected chi connectivity index (χ3v) is 9.02. The molecule has 1 aromatic heterocycles. The zero-order chi connectivity index (χ0) is 28.5. The molecule has 0 radical (unpaired) electrons. The zero-order valence-corrected chi connectivity index (χ0v) is 24.2. The van der Waals surface area contributed by atoms with Crippen molar-refractivity contribution in [1.82, 2.24) is 14.8 Å². The van der Waals surface area contributed by atoms with Crippen LogP contribution >= 0.6 is 11.6 Å². The average molecular weight is 574 g/mol. The van der Waals surface area contributed by atoms with E-state index in [1.54, 1.807) is 12.3 Å². The molecule has 2 aromatic carbocycles. The fourth-order valence-electron chi connectivity index (χ4n) is 6.21. The lowest BCUT2D eigenvalue weighted by Gasteiger charge is -2.47. The number of halogens is 1. The molecule has 2 saturated heterocycles. The molecule has 0 spiro atoms. The number of likely N-dealkylation sites (tertiary alicyclic amines) is 1. The van der Waals surface area contributed by atoms with Gasteiger partial charge < -0.3 is 15.5 Å². The average Bonchev–Trinajstić information content (AvgIpc) is 3.84. The molecule has 1 aliphatic carbocycles. The topological polar surface area (TPSA) is 105 Å². The molecular weight excluding hydrogens is 538 g/mol. The molecule has 1 atom stereocenters. The molecule has 3 fully saturated rings. The second-order valence-corrected chi connectivity index (χ2v) is 12.0. The van der Waals surface area contributed by atoms with Gasteiger partial charge in [0.25, 0.3) is 10.9 Å². The van der Waals surface area contributed by atoms with Gasteiger partial charge in [-0.25, -0.2) is 4.98 Å². The summed E-state index contributed by atoms with van der Waals surface area (Å²) in [6, 6.07) is 13.2. The van der Waals surface area contributed by atoms with Crippen molar-refractivity contribution in [3.63, 3.8) is 0 Å². The molecule has 2 aliphatic heterocycles. The summed E-state index contributed by atoms with van der Waals surface area (Å²) in [4.78, 5) is 36.3. The SMILES string of the molecule is CC[C@H]1CN(c2ncc(Nc3c(NC4CC4)c(=O)c3=O)cc2Cl)CCN1C1CCN(Cc2ccc(C#N)cc2)CC1. The van der Waals surface area contributed by atoms with Crippen LogP contribution in [0.1, 0.15) is 50.2 Å². The van der Waals surface area contributed by atoms with Crippen molar-refractivity contribution in [2.24, 2.45) is 0 Å². The molecule has 2 N–H and O–H groups in total. The van der Waals surface area contributed by atoms with Gasteiger partial charge in [0, 0.05) is 44.3 Å². The Morgan fingerprint density at radius 1 is 1.02 bits per heavy atom. The number of piperazine rings is 1. The molecule has 3 aliphatic rings. The van der Waals surface area contributed by atoms with E-state index in [-0.39, 0.29) is 6.04 Å². The van der Waals surface area contributed by atoms with E-state index in [9.17, 15) is 9.59 Å². The lowest BCUT2D eigenvalue weighted by Crippen LogP contribution is -2.58. The highest BCUT2D eigenvalue weighted by Crippen LogP contribution is 2.33. The van der Waals surface area contributed by atoms with Gasteiger partial charge in [-0.2, -0.15) is 5.26 Å². The standard InChI is InChI=1S/C31H36ClN7O2/c1-2-24-19-38(13-14-39(24)25-9-11-37(12-10-25)18-21-5-3-20(16-33)4-6-21)31-26(32)15-23(17-34-31)36-28-27(29(40)30(28)41)35-22-7-8-22/h3-6,15,17,22,24-25,35-36H,2,7-14,18-19H2,1H3/t24-/m0/s1. The second kappa shape index (κ2) is 11.8. The molecule has 6 rings (SSSR count). The quantitative estimate of drug-likeness (QED) is 0.366. The van der Waals surface area contributed by atoms with Crippen molar-refractivity contribution in [1.29, 1.82) is 5.26 Å². The fourth-order valence-corrected chi connectivity index (χ4v) is 6.50. The predicted molar refractivity (Wildman–Crippen MR) is 163 cm³/mol. The summed E-state index contributed by atoms with van der Waals surface area (Å²) >= 11 is 6.72. The summed E-state index contributed by atoms with van der Waals surface area (Å²) in [5.41, 5.74) is 2.27. The van der Waals surface area contributed by atoms with Gasteiger partial charge >= 0.3 is 0 Å². The maximum Gasteiger partial charge on any atom is 0.253 e. The van der Waals surface area contributed by atoms with E-state index in [2.05, 4.69) is 55.4 Å². The highest BCUT2D eigenvalue weighted by atomic mass is 35.5. The minimum atomic E-state index is -0.504. The summed E-state index contributed by atoms with van der Waals surface area (Å²) in [5, 5.41) is 15.8. The Kier molecular flexibility index (Phi) is 7.98. The number of hydrogen-bond acceptors (Lipinski definition) is 9. The van der Waals surface area contributed by atoms with Crippen molar-refractivity contribution in [2.75, 3.05) is 48.3 Å². The zero-order valence-electron chi connectivity index (χ0n) is 23.4. The summed E-state index contributed by atoms with van der Waals surface area (Å²) in [5.74, 6) is 0.758. The van der Waals surface area contributed by atoms with Crippen LogP contribution in [0.3, 0.4) is 0 Å². The minimum absolute atomic E-state index is 0.287. The summed E-state index contributed by atoms with van der Waals surface area (Å²) in [7, 11) is 0. The molecule has 10 heteroatoms. The maximum absolute atomic E-state index is 12.1. The van der Waals surface area contributed by atoms with Crippen LogP contribution < -0.4 is 26.4 Å². The van der Waals surface area contributed by atoms with Crippen molar-refractivity contribution in [3.05, 3.63) is 73.1 Å². The third kappa shape index (κ3) is 5.96. The molecule has 0 amide bonds. The highest BCUT2D eigenvalue weighted by molar-refractivity contribution is 6.33. The number of hydrogen-bond donors (Lipinski definition) is 2. The van der Waals surface area contributed by atoms with Gasteiger partial charge in [-0.1, -0.05) is 30.7 Å². The maximum atomic E-state index is 12.1. The number of nitriles is 1. The Hall–Kier alpha value is -3.45. The molecular formula is C31H36ClN7O2. The Labute approximate surface area is 245 Å². The van der Waals surface area contributed by atoms with Gasteiger partial charge in [-0.05, 0) is 69.0 Å². The molecule has 3 heterocycles. The second-order valence-electron chi connectivity index (χ2n) is 11.5. The van der Waals surface area contributed by atoms with Crippen molar-refractivity contribution >= 4 is 34.5 Å². The lowest BCUT2D eigenvalue weighted by molar-refractivity contribution is 0.0610. The van der Waals surface area contributed by atoms with Crippen LogP contribution in [0.4, 0.5) is 22.9 Å². The molecule has 0 unspecified atom stereocenters. The number of nitrogens with zero attached hydrogens (tertiary/aromatic N) is 5. The highest BCUT2D eigenvalue weighted by Gasteiger charge is 2.34. The van der Waals surface area contributed by atoms with E-state index in [0.717, 1.165) is 77.2 Å². The van der Waals surface area contributed by atoms with Crippen molar-refractivity contribution in [2.45, 2.75) is 63.7 Å². The van der Waals surface area contributed by atoms with Crippen LogP contribution in [0.25, 0.3) is 0 Å². The van der Waals surface area contributed by atoms with Gasteiger partial charge in [0.05, 0.1) is 28.5 Å². The number of aromatic nitrogens is 1. The Bertz CT molecular complexity index is 1500.